The predicted molar refractivity (Wildman–Crippen MR) is 113 cm³/mol. The first-order chi connectivity index (χ1) is 15.2. The Morgan fingerprint density at radius 2 is 1.74 bits per heavy atom. The lowest BCUT2D eigenvalue weighted by atomic mass is 10.2. The summed E-state index contributed by atoms with van der Waals surface area (Å²) in [7, 11) is 3.06. The van der Waals surface area contributed by atoms with Gasteiger partial charge in [-0.1, -0.05) is 0 Å². The van der Waals surface area contributed by atoms with Crippen molar-refractivity contribution < 1.29 is 19.0 Å². The number of rotatable bonds is 7. The van der Waals surface area contributed by atoms with Crippen molar-refractivity contribution in [2.45, 2.75) is 0 Å². The second-order valence-electron chi connectivity index (χ2n) is 6.35. The molecule has 4 rings (SSSR count). The minimum atomic E-state index is -0.268. The largest absolute Gasteiger partial charge is 0.493 e. The zero-order chi connectivity index (χ0) is 21.6. The molecule has 4 aromatic rings. The molecule has 0 atom stereocenters. The summed E-state index contributed by atoms with van der Waals surface area (Å²) in [6.07, 6.45) is 5.08. The van der Waals surface area contributed by atoms with E-state index in [9.17, 15) is 4.79 Å². The Labute approximate surface area is 178 Å². The van der Waals surface area contributed by atoms with Gasteiger partial charge in [-0.15, -0.1) is 10.2 Å². The van der Waals surface area contributed by atoms with Crippen LogP contribution in [0.15, 0.2) is 73.3 Å². The van der Waals surface area contributed by atoms with Crippen LogP contribution in [0.25, 0.3) is 5.82 Å². The van der Waals surface area contributed by atoms with Crippen LogP contribution in [-0.2, 0) is 0 Å². The van der Waals surface area contributed by atoms with Gasteiger partial charge in [0.05, 0.1) is 14.2 Å². The van der Waals surface area contributed by atoms with Gasteiger partial charge >= 0.3 is 0 Å². The molecule has 0 aliphatic rings. The van der Waals surface area contributed by atoms with Gasteiger partial charge in [0.1, 0.15) is 12.1 Å². The molecule has 0 saturated carbocycles. The third-order valence-corrected chi connectivity index (χ3v) is 4.38. The number of nitrogens with zero attached hydrogens (tertiary/aromatic N) is 4. The first-order valence-electron chi connectivity index (χ1n) is 9.29. The van der Waals surface area contributed by atoms with Crippen LogP contribution in [0.4, 0.5) is 5.69 Å². The summed E-state index contributed by atoms with van der Waals surface area (Å²) in [5, 5.41) is 11.0. The van der Waals surface area contributed by atoms with E-state index in [0.717, 1.165) is 0 Å². The molecule has 0 aliphatic heterocycles. The lowest BCUT2D eigenvalue weighted by molar-refractivity contribution is 0.102. The number of imidazole rings is 1. The second kappa shape index (κ2) is 8.95. The number of aromatic nitrogens is 4. The van der Waals surface area contributed by atoms with Crippen LogP contribution in [0.3, 0.4) is 0 Å². The Hall–Kier alpha value is -4.40. The van der Waals surface area contributed by atoms with Gasteiger partial charge in [0.25, 0.3) is 5.91 Å². The quantitative estimate of drug-likeness (QED) is 0.489. The van der Waals surface area contributed by atoms with E-state index >= 15 is 0 Å². The Morgan fingerprint density at radius 1 is 0.935 bits per heavy atom. The average Bonchev–Trinajstić information content (AvgIpc) is 3.35. The Balaban J connectivity index is 1.39. The van der Waals surface area contributed by atoms with Crippen LogP contribution in [0.2, 0.25) is 0 Å². The standard InChI is InChI=1S/C22H19N5O4/c1-29-18-8-3-15(13-19(18)30-2)22(28)24-16-4-6-17(7-5-16)31-21-10-9-20(25-26-21)27-12-11-23-14-27/h3-14H,1-2H3,(H,24,28). The number of amides is 1. The summed E-state index contributed by atoms with van der Waals surface area (Å²) in [6, 6.07) is 15.4. The topological polar surface area (TPSA) is 100 Å². The van der Waals surface area contributed by atoms with Crippen LogP contribution < -0.4 is 19.5 Å². The van der Waals surface area contributed by atoms with Crippen LogP contribution in [0, 0.1) is 0 Å². The van der Waals surface area contributed by atoms with Gasteiger partial charge in [0.2, 0.25) is 5.88 Å². The molecule has 0 spiro atoms. The zero-order valence-corrected chi connectivity index (χ0v) is 16.9. The summed E-state index contributed by atoms with van der Waals surface area (Å²) in [4.78, 5) is 16.5. The molecule has 2 aromatic heterocycles. The molecule has 9 nitrogen and oxygen atoms in total. The van der Waals surface area contributed by atoms with E-state index < -0.39 is 0 Å². The molecular weight excluding hydrogens is 398 g/mol. The highest BCUT2D eigenvalue weighted by molar-refractivity contribution is 6.04. The van der Waals surface area contributed by atoms with Crippen molar-refractivity contribution in [3.05, 3.63) is 78.9 Å². The third kappa shape index (κ3) is 4.61. The van der Waals surface area contributed by atoms with Crippen molar-refractivity contribution in [3.8, 4) is 28.9 Å². The molecule has 1 N–H and O–H groups in total. The van der Waals surface area contributed by atoms with E-state index in [0.29, 0.717) is 40.2 Å². The SMILES string of the molecule is COc1ccc(C(=O)Nc2ccc(Oc3ccc(-n4ccnc4)nn3)cc2)cc1OC. The number of carbonyl (C=O) groups excluding carboxylic acids is 1. The number of methoxy groups -OCH3 is 2. The summed E-state index contributed by atoms with van der Waals surface area (Å²) in [5.41, 5.74) is 1.07. The maximum absolute atomic E-state index is 12.5. The number of hydrogen-bond acceptors (Lipinski definition) is 7. The summed E-state index contributed by atoms with van der Waals surface area (Å²) in [5.74, 6) is 2.33. The smallest absolute Gasteiger partial charge is 0.255 e. The van der Waals surface area contributed by atoms with E-state index in [1.54, 1.807) is 85.0 Å². The molecule has 0 saturated heterocycles. The number of ether oxygens (including phenoxy) is 3. The molecule has 156 valence electrons. The van der Waals surface area contributed by atoms with Crippen LogP contribution in [0.5, 0.6) is 23.1 Å². The number of anilines is 1. The minimum Gasteiger partial charge on any atom is -0.493 e. The van der Waals surface area contributed by atoms with E-state index in [1.165, 1.54) is 7.11 Å². The number of carbonyl (C=O) groups is 1. The van der Waals surface area contributed by atoms with Crippen molar-refractivity contribution in [1.82, 2.24) is 19.7 Å². The molecule has 9 heteroatoms. The lowest BCUT2D eigenvalue weighted by Gasteiger charge is -2.10. The Morgan fingerprint density at radius 3 is 2.39 bits per heavy atom. The molecule has 2 aromatic carbocycles. The average molecular weight is 417 g/mol. The van der Waals surface area contributed by atoms with E-state index in [2.05, 4.69) is 20.5 Å². The molecule has 0 fully saturated rings. The Kier molecular flexibility index (Phi) is 5.75. The maximum atomic E-state index is 12.5. The zero-order valence-electron chi connectivity index (χ0n) is 16.9. The van der Waals surface area contributed by atoms with Gasteiger partial charge in [0.15, 0.2) is 17.3 Å². The lowest BCUT2D eigenvalue weighted by Crippen LogP contribution is -2.12. The van der Waals surface area contributed by atoms with Gasteiger partial charge in [0, 0.05) is 29.7 Å². The molecule has 2 heterocycles. The molecular formula is C22H19N5O4. The van der Waals surface area contributed by atoms with Gasteiger partial charge in [-0.05, 0) is 48.5 Å². The highest BCUT2D eigenvalue weighted by atomic mass is 16.5. The van der Waals surface area contributed by atoms with Gasteiger partial charge in [-0.2, -0.15) is 0 Å². The third-order valence-electron chi connectivity index (χ3n) is 4.38. The van der Waals surface area contributed by atoms with Crippen LogP contribution in [-0.4, -0.2) is 39.9 Å². The fraction of sp³-hybridized carbons (Fsp3) is 0.0909. The fourth-order valence-electron chi connectivity index (χ4n) is 2.81. The van der Waals surface area contributed by atoms with E-state index in [-0.39, 0.29) is 5.91 Å². The van der Waals surface area contributed by atoms with Gasteiger partial charge in [-0.3, -0.25) is 9.36 Å². The van der Waals surface area contributed by atoms with Gasteiger partial charge < -0.3 is 19.5 Å². The highest BCUT2D eigenvalue weighted by Gasteiger charge is 2.11. The molecule has 1 amide bonds. The first kappa shape index (κ1) is 19.9. The van der Waals surface area contributed by atoms with Crippen molar-refractivity contribution >= 4 is 11.6 Å². The van der Waals surface area contributed by atoms with Gasteiger partial charge in [-0.25, -0.2) is 4.98 Å². The summed E-state index contributed by atoms with van der Waals surface area (Å²) >= 11 is 0. The molecule has 0 unspecified atom stereocenters. The highest BCUT2D eigenvalue weighted by Crippen LogP contribution is 2.28. The van der Waals surface area contributed by atoms with Crippen molar-refractivity contribution in [1.29, 1.82) is 0 Å². The first-order valence-corrected chi connectivity index (χ1v) is 9.29. The maximum Gasteiger partial charge on any atom is 0.255 e. The van der Waals surface area contributed by atoms with Crippen molar-refractivity contribution in [2.75, 3.05) is 19.5 Å². The Bertz CT molecular complexity index is 1160. The second-order valence-corrected chi connectivity index (χ2v) is 6.35. The number of nitrogens with one attached hydrogen (secondary N) is 1. The van der Waals surface area contributed by atoms with Crippen LogP contribution >= 0.6 is 0 Å². The van der Waals surface area contributed by atoms with E-state index in [1.807, 2.05) is 0 Å². The fourth-order valence-corrected chi connectivity index (χ4v) is 2.81. The predicted octanol–water partition coefficient (Wildman–Crippen LogP) is 3.72. The normalized spacial score (nSPS) is 10.4. The molecule has 0 aliphatic carbocycles. The van der Waals surface area contributed by atoms with Crippen LogP contribution in [0.1, 0.15) is 10.4 Å². The van der Waals surface area contributed by atoms with Crippen molar-refractivity contribution in [3.63, 3.8) is 0 Å². The summed E-state index contributed by atoms with van der Waals surface area (Å²) < 4.78 is 17.9. The molecule has 31 heavy (non-hydrogen) atoms. The van der Waals surface area contributed by atoms with Crippen molar-refractivity contribution in [2.24, 2.45) is 0 Å². The summed E-state index contributed by atoms with van der Waals surface area (Å²) in [6.45, 7) is 0. The molecule has 0 bridgehead atoms. The minimum absolute atomic E-state index is 0.268. The number of hydrogen-bond donors (Lipinski definition) is 1. The monoisotopic (exact) mass is 417 g/mol. The number of benzene rings is 2. The van der Waals surface area contributed by atoms with E-state index in [4.69, 9.17) is 14.2 Å². The molecule has 0 radical (unpaired) electrons.